The van der Waals surface area contributed by atoms with Gasteiger partial charge in [-0.25, -0.2) is 14.3 Å². The number of carbonyl (C=O) groups is 1. The Hall–Kier alpha value is -3.72. The van der Waals surface area contributed by atoms with Gasteiger partial charge in [-0.15, -0.1) is 0 Å². The van der Waals surface area contributed by atoms with E-state index in [1.165, 1.54) is 6.33 Å². The van der Waals surface area contributed by atoms with Crippen LogP contribution in [0, 0.1) is 11.3 Å². The number of nitrogen functional groups attached to an aromatic ring is 1. The minimum Gasteiger partial charge on any atom is -0.434 e. The lowest BCUT2D eigenvalue weighted by atomic mass is 10.0. The summed E-state index contributed by atoms with van der Waals surface area (Å²) in [6.07, 6.45) is -2.39. The van der Waals surface area contributed by atoms with Crippen LogP contribution in [0.3, 0.4) is 0 Å². The molecule has 0 aliphatic carbocycles. The number of rotatable bonds is 5. The average molecular weight is 479 g/mol. The van der Waals surface area contributed by atoms with Crippen molar-refractivity contribution in [2.45, 2.75) is 56.6 Å². The van der Waals surface area contributed by atoms with Crippen molar-refractivity contribution >= 4 is 17.5 Å². The van der Waals surface area contributed by atoms with E-state index in [4.69, 9.17) is 29.4 Å². The van der Waals surface area contributed by atoms with Crippen molar-refractivity contribution in [1.82, 2.24) is 14.6 Å². The Kier molecular flexibility index (Phi) is 5.59. The fraction of sp³-hybridized carbons (Fsp3) is 0.417. The van der Waals surface area contributed by atoms with Crippen LogP contribution in [0.1, 0.15) is 44.1 Å². The van der Waals surface area contributed by atoms with Crippen molar-refractivity contribution in [1.29, 1.82) is 5.26 Å². The van der Waals surface area contributed by atoms with Gasteiger partial charge in [-0.1, -0.05) is 37.3 Å². The second-order valence-corrected chi connectivity index (χ2v) is 9.01. The van der Waals surface area contributed by atoms with E-state index < -0.39 is 36.0 Å². The van der Waals surface area contributed by atoms with E-state index in [0.717, 1.165) is 5.56 Å². The summed E-state index contributed by atoms with van der Waals surface area (Å²) in [4.78, 5) is 16.7. The molecule has 2 fully saturated rings. The molecular weight excluding hydrogens is 454 g/mol. The summed E-state index contributed by atoms with van der Waals surface area (Å²) in [5.74, 6) is -2.94. The highest BCUT2D eigenvalue weighted by molar-refractivity contribution is 5.65. The number of hydrogen-bond donors (Lipinski definition) is 1. The lowest BCUT2D eigenvalue weighted by Crippen LogP contribution is -2.46. The molecule has 0 radical (unpaired) electrons. The van der Waals surface area contributed by atoms with Gasteiger partial charge in [0, 0.05) is 5.92 Å². The molecule has 35 heavy (non-hydrogen) atoms. The first kappa shape index (κ1) is 23.0. The quantitative estimate of drug-likeness (QED) is 0.542. The minimum absolute atomic E-state index is 0.0598. The second kappa shape index (κ2) is 8.49. The number of hydrogen-bond acceptors (Lipinski definition) is 10. The number of anilines is 1. The predicted molar refractivity (Wildman–Crippen MR) is 121 cm³/mol. The smallest absolute Gasteiger partial charge is 0.434 e. The maximum Gasteiger partial charge on any atom is 0.511 e. The molecule has 4 heterocycles. The molecule has 182 valence electrons. The predicted octanol–water partition coefficient (Wildman–Crippen LogP) is 3.08. The van der Waals surface area contributed by atoms with Gasteiger partial charge in [0.15, 0.2) is 17.7 Å². The molecule has 0 amide bonds. The highest BCUT2D eigenvalue weighted by Crippen LogP contribution is 2.50. The zero-order valence-electron chi connectivity index (χ0n) is 19.5. The van der Waals surface area contributed by atoms with Gasteiger partial charge in [-0.05, 0) is 31.5 Å². The molecular formula is C24H25N5O6. The number of nitrogens with two attached hydrogens (primary N) is 1. The molecule has 5 atom stereocenters. The first-order valence-corrected chi connectivity index (χ1v) is 11.2. The molecule has 0 spiro atoms. The summed E-state index contributed by atoms with van der Waals surface area (Å²) in [5, 5.41) is 14.4. The van der Waals surface area contributed by atoms with Crippen LogP contribution in [-0.4, -0.2) is 51.1 Å². The van der Waals surface area contributed by atoms with Crippen molar-refractivity contribution in [2.24, 2.45) is 0 Å². The standard InChI is InChI=1S/C24H25N5O6/c1-14(15-7-5-4-6-8-15)11-31-22(30)35-24(12-25)20-19(32-23(2,3)34-20)18(33-24)16-9-10-17-21(26)27-13-28-29(16)17/h4-10,13-14,18-20H,11H2,1-3H3,(H2,26,27,28)/t14?,18-,19-,20-,24+/m0/s1. The van der Waals surface area contributed by atoms with Gasteiger partial charge in [0.05, 0.1) is 5.69 Å². The maximum atomic E-state index is 12.7. The molecule has 3 aromatic rings. The first-order chi connectivity index (χ1) is 16.7. The molecule has 0 saturated carbocycles. The van der Waals surface area contributed by atoms with Crippen LogP contribution in [0.2, 0.25) is 0 Å². The van der Waals surface area contributed by atoms with Crippen molar-refractivity contribution < 1.29 is 28.5 Å². The SMILES string of the molecule is CC(COC(=O)O[C@@]1(C#N)O[C@@H](c2ccc3c(N)ncnn23)[C@@H]2OC(C)(C)O[C@@H]21)c1ccccc1. The summed E-state index contributed by atoms with van der Waals surface area (Å²) < 4.78 is 30.5. The Balaban J connectivity index is 1.39. The summed E-state index contributed by atoms with van der Waals surface area (Å²) in [6, 6.07) is 15.0. The Bertz CT molecular complexity index is 1290. The van der Waals surface area contributed by atoms with Gasteiger partial charge in [-0.2, -0.15) is 10.4 Å². The van der Waals surface area contributed by atoms with E-state index in [9.17, 15) is 10.1 Å². The third-order valence-electron chi connectivity index (χ3n) is 6.12. The van der Waals surface area contributed by atoms with Crippen LogP contribution < -0.4 is 5.73 Å². The van der Waals surface area contributed by atoms with Crippen LogP contribution >= 0.6 is 0 Å². The van der Waals surface area contributed by atoms with Crippen LogP contribution in [0.25, 0.3) is 5.52 Å². The lowest BCUT2D eigenvalue weighted by molar-refractivity contribution is -0.254. The van der Waals surface area contributed by atoms with Crippen LogP contribution in [-0.2, 0) is 23.7 Å². The average Bonchev–Trinajstić information content (AvgIpc) is 3.49. The molecule has 1 unspecified atom stereocenters. The maximum absolute atomic E-state index is 12.7. The Morgan fingerprint density at radius 1 is 1.23 bits per heavy atom. The Labute approximate surface area is 201 Å². The zero-order valence-corrected chi connectivity index (χ0v) is 19.5. The largest absolute Gasteiger partial charge is 0.511 e. The monoisotopic (exact) mass is 479 g/mol. The Morgan fingerprint density at radius 3 is 2.74 bits per heavy atom. The summed E-state index contributed by atoms with van der Waals surface area (Å²) in [7, 11) is 0. The van der Waals surface area contributed by atoms with Crippen LogP contribution in [0.5, 0.6) is 0 Å². The van der Waals surface area contributed by atoms with E-state index in [2.05, 4.69) is 10.1 Å². The molecule has 2 aliphatic heterocycles. The molecule has 5 rings (SSSR count). The molecule has 11 nitrogen and oxygen atoms in total. The number of fused-ring (bicyclic) bond motifs is 2. The normalized spacial score (nSPS) is 27.8. The highest BCUT2D eigenvalue weighted by Gasteiger charge is 2.67. The molecule has 1 aromatic carbocycles. The third-order valence-corrected chi connectivity index (χ3v) is 6.12. The van der Waals surface area contributed by atoms with E-state index in [-0.39, 0.29) is 18.3 Å². The zero-order chi connectivity index (χ0) is 24.8. The van der Waals surface area contributed by atoms with Gasteiger partial charge >= 0.3 is 11.9 Å². The molecule has 2 saturated heterocycles. The molecule has 11 heteroatoms. The number of ether oxygens (including phenoxy) is 5. The van der Waals surface area contributed by atoms with Gasteiger partial charge < -0.3 is 29.4 Å². The van der Waals surface area contributed by atoms with E-state index >= 15 is 0 Å². The first-order valence-electron chi connectivity index (χ1n) is 11.2. The van der Waals surface area contributed by atoms with E-state index in [0.29, 0.717) is 11.2 Å². The van der Waals surface area contributed by atoms with Crippen molar-refractivity contribution in [3.05, 3.63) is 60.0 Å². The van der Waals surface area contributed by atoms with Gasteiger partial charge in [0.2, 0.25) is 0 Å². The fourth-order valence-electron chi connectivity index (χ4n) is 4.46. The third kappa shape index (κ3) is 4.05. The van der Waals surface area contributed by atoms with Crippen LogP contribution in [0.15, 0.2) is 48.8 Å². The molecule has 2 aromatic heterocycles. The van der Waals surface area contributed by atoms with Crippen molar-refractivity contribution in [3.8, 4) is 6.07 Å². The number of benzene rings is 1. The highest BCUT2D eigenvalue weighted by atomic mass is 16.8. The van der Waals surface area contributed by atoms with E-state index in [1.54, 1.807) is 30.5 Å². The number of carbonyl (C=O) groups excluding carboxylic acids is 1. The van der Waals surface area contributed by atoms with Crippen molar-refractivity contribution in [2.75, 3.05) is 12.3 Å². The second-order valence-electron chi connectivity index (χ2n) is 9.01. The molecule has 2 N–H and O–H groups in total. The topological polar surface area (TPSA) is 143 Å². The van der Waals surface area contributed by atoms with Crippen molar-refractivity contribution in [3.63, 3.8) is 0 Å². The van der Waals surface area contributed by atoms with Gasteiger partial charge in [0.1, 0.15) is 36.7 Å². The van der Waals surface area contributed by atoms with Gasteiger partial charge in [0.25, 0.3) is 0 Å². The number of aromatic nitrogens is 3. The number of nitriles is 1. The summed E-state index contributed by atoms with van der Waals surface area (Å²) in [6.45, 7) is 5.40. The van der Waals surface area contributed by atoms with Gasteiger partial charge in [-0.3, -0.25) is 0 Å². The van der Waals surface area contributed by atoms with E-state index in [1.807, 2.05) is 43.3 Å². The summed E-state index contributed by atoms with van der Waals surface area (Å²) in [5.41, 5.74) is 8.06. The Morgan fingerprint density at radius 2 is 2.00 bits per heavy atom. The van der Waals surface area contributed by atoms with Crippen LogP contribution in [0.4, 0.5) is 10.6 Å². The minimum atomic E-state index is -2.10. The molecule has 0 bridgehead atoms. The fourth-order valence-corrected chi connectivity index (χ4v) is 4.46. The number of nitrogens with zero attached hydrogens (tertiary/aromatic N) is 4. The molecule has 2 aliphatic rings. The lowest BCUT2D eigenvalue weighted by Gasteiger charge is -2.28. The summed E-state index contributed by atoms with van der Waals surface area (Å²) >= 11 is 0.